The maximum absolute atomic E-state index is 13.7. The second kappa shape index (κ2) is 11.9. The highest BCUT2D eigenvalue weighted by Crippen LogP contribution is 2.53. The van der Waals surface area contributed by atoms with Crippen LogP contribution in [0.25, 0.3) is 5.76 Å². The Kier molecular flexibility index (Phi) is 8.75. The minimum atomic E-state index is -2.63. The molecule has 0 aliphatic heterocycles. The molecule has 0 heterocycles. The Morgan fingerprint density at radius 3 is 2.09 bits per heavy atom. The van der Waals surface area contributed by atoms with Gasteiger partial charge in [-0.1, -0.05) is 6.07 Å². The van der Waals surface area contributed by atoms with Crippen LogP contribution in [-0.4, -0.2) is 105 Å². The number of rotatable bonds is 5. The molecule has 14 nitrogen and oxygen atoms in total. The number of fused-ring (bicyclic) bond motifs is 3. The Morgan fingerprint density at radius 1 is 0.957 bits per heavy atom. The summed E-state index contributed by atoms with van der Waals surface area (Å²) in [5.74, 6) is -8.62. The molecule has 4 atom stereocenters. The number of benzene rings is 2. The summed E-state index contributed by atoms with van der Waals surface area (Å²) < 4.78 is 0. The first-order valence-corrected chi connectivity index (χ1v) is 14.1. The van der Waals surface area contributed by atoms with Gasteiger partial charge in [-0.05, 0) is 69.6 Å². The van der Waals surface area contributed by atoms with Crippen molar-refractivity contribution in [2.75, 3.05) is 33.1 Å². The van der Waals surface area contributed by atoms with Gasteiger partial charge in [0.1, 0.15) is 34.2 Å². The molecule has 0 bridgehead atoms. The summed E-state index contributed by atoms with van der Waals surface area (Å²) in [6, 6.07) is 6.04. The van der Waals surface area contributed by atoms with Crippen molar-refractivity contribution in [3.05, 3.63) is 69.5 Å². The van der Waals surface area contributed by atoms with Gasteiger partial charge in [-0.3, -0.25) is 24.1 Å². The number of ketones is 3. The summed E-state index contributed by atoms with van der Waals surface area (Å²) in [6.07, 6.45) is 0.324. The number of primary amides is 1. The standard InChI is InChI=1S/C23H27N3O7.C9H8O4/c1-25(2)12-5-6-13(27)15-10(12)7-9-8-11-17(26(3)4)19(29)16(22(24)32)21(31)23(11,33)20(30)14(9)18(15)28;1-5(10)6-3-2-4-7(8(6)11)9(12)13/h5-6,9,11,17,27-28,31,33H,7-8H2,1-4H3,(H2,24,32);2-4,11H,1H3,(H,12,13)/t9-,11-,17-,23-;/m0./s1. The van der Waals surface area contributed by atoms with Gasteiger partial charge in [-0.15, -0.1) is 0 Å². The predicted molar refractivity (Wildman–Crippen MR) is 164 cm³/mol. The molecule has 0 saturated heterocycles. The Morgan fingerprint density at radius 2 is 1.57 bits per heavy atom. The number of para-hydroxylation sites is 1. The monoisotopic (exact) mass is 637 g/mol. The normalized spacial score (nSPS) is 23.6. The fourth-order valence-corrected chi connectivity index (χ4v) is 6.65. The Hall–Kier alpha value is -5.21. The van der Waals surface area contributed by atoms with Gasteiger partial charge in [0.2, 0.25) is 5.78 Å². The van der Waals surface area contributed by atoms with E-state index >= 15 is 0 Å². The van der Waals surface area contributed by atoms with E-state index in [1.54, 1.807) is 20.2 Å². The Balaban J connectivity index is 0.000000310. The fourth-order valence-electron chi connectivity index (χ4n) is 6.65. The number of amides is 1. The third-order valence-electron chi connectivity index (χ3n) is 8.71. The first kappa shape index (κ1) is 33.7. The third kappa shape index (κ3) is 5.14. The van der Waals surface area contributed by atoms with Crippen LogP contribution in [0.3, 0.4) is 0 Å². The van der Waals surface area contributed by atoms with Crippen molar-refractivity contribution < 1.29 is 54.6 Å². The maximum atomic E-state index is 13.7. The number of aliphatic hydroxyl groups is 3. The van der Waals surface area contributed by atoms with E-state index in [1.165, 1.54) is 36.1 Å². The molecule has 244 valence electrons. The second-order valence-corrected chi connectivity index (χ2v) is 11.9. The zero-order chi connectivity index (χ0) is 34.6. The zero-order valence-corrected chi connectivity index (χ0v) is 25.7. The van der Waals surface area contributed by atoms with E-state index < -0.39 is 69.8 Å². The van der Waals surface area contributed by atoms with Crippen molar-refractivity contribution in [3.8, 4) is 11.5 Å². The number of phenols is 2. The summed E-state index contributed by atoms with van der Waals surface area (Å²) in [4.78, 5) is 63.4. The van der Waals surface area contributed by atoms with Crippen molar-refractivity contribution in [3.63, 3.8) is 0 Å². The van der Waals surface area contributed by atoms with Gasteiger partial charge < -0.3 is 41.3 Å². The van der Waals surface area contributed by atoms with Crippen molar-refractivity contribution >= 4 is 40.7 Å². The van der Waals surface area contributed by atoms with Gasteiger partial charge in [0.05, 0.1) is 17.2 Å². The number of aliphatic hydroxyl groups excluding tert-OH is 2. The van der Waals surface area contributed by atoms with Crippen LogP contribution >= 0.6 is 0 Å². The summed E-state index contributed by atoms with van der Waals surface area (Å²) in [6.45, 7) is 1.26. The average Bonchev–Trinajstić information content (AvgIpc) is 2.94. The lowest BCUT2D eigenvalue weighted by atomic mass is 9.57. The molecule has 8 N–H and O–H groups in total. The zero-order valence-electron chi connectivity index (χ0n) is 25.7. The topological polar surface area (TPSA) is 239 Å². The molecule has 5 rings (SSSR count). The van der Waals surface area contributed by atoms with Crippen LogP contribution in [0.2, 0.25) is 0 Å². The van der Waals surface area contributed by atoms with Crippen molar-refractivity contribution in [2.24, 2.45) is 17.6 Å². The molecule has 1 amide bonds. The maximum Gasteiger partial charge on any atom is 0.339 e. The van der Waals surface area contributed by atoms with Crippen molar-refractivity contribution in [1.29, 1.82) is 0 Å². The molecule has 3 aliphatic rings. The van der Waals surface area contributed by atoms with Gasteiger partial charge >= 0.3 is 5.97 Å². The quantitative estimate of drug-likeness (QED) is 0.181. The van der Waals surface area contributed by atoms with Crippen LogP contribution in [0.4, 0.5) is 5.69 Å². The van der Waals surface area contributed by atoms with Crippen LogP contribution in [0.1, 0.15) is 45.2 Å². The van der Waals surface area contributed by atoms with Gasteiger partial charge in [0.15, 0.2) is 17.2 Å². The predicted octanol–water partition coefficient (Wildman–Crippen LogP) is 1.32. The van der Waals surface area contributed by atoms with E-state index in [-0.39, 0.29) is 46.6 Å². The van der Waals surface area contributed by atoms with E-state index in [1.807, 2.05) is 19.0 Å². The van der Waals surface area contributed by atoms with Crippen LogP contribution in [0, 0.1) is 11.8 Å². The first-order chi connectivity index (χ1) is 21.4. The summed E-state index contributed by atoms with van der Waals surface area (Å²) in [5.41, 5.74) is 2.92. The SMILES string of the molecule is CC(=O)c1cccc(C(=O)O)c1O.CN(C)c1ccc(O)c2c1C[C@H]1C[C@H]3[C@H](N(C)C)C(=O)C(C(N)=O)=C(O)[C@@]3(O)C(=O)C1=C2O. The molecule has 2 aromatic rings. The number of carboxylic acid groups (broad SMARTS) is 1. The molecule has 14 heteroatoms. The summed E-state index contributed by atoms with van der Waals surface area (Å²) in [7, 11) is 6.75. The number of likely N-dealkylation sites (N-methyl/N-ethyl adjacent to an activating group) is 1. The number of nitrogens with zero attached hydrogens (tertiary/aromatic N) is 2. The lowest BCUT2D eigenvalue weighted by Crippen LogP contribution is -2.65. The van der Waals surface area contributed by atoms with E-state index in [9.17, 15) is 49.5 Å². The molecule has 2 aromatic carbocycles. The summed E-state index contributed by atoms with van der Waals surface area (Å²) >= 11 is 0. The highest BCUT2D eigenvalue weighted by Gasteiger charge is 2.64. The molecule has 3 aliphatic carbocycles. The minimum absolute atomic E-state index is 0.0277. The van der Waals surface area contributed by atoms with Crippen molar-refractivity contribution in [1.82, 2.24) is 4.90 Å². The molecule has 46 heavy (non-hydrogen) atoms. The number of anilines is 1. The van der Waals surface area contributed by atoms with Crippen LogP contribution in [0.15, 0.2) is 47.2 Å². The van der Waals surface area contributed by atoms with Gasteiger partial charge in [0.25, 0.3) is 5.91 Å². The van der Waals surface area contributed by atoms with E-state index in [4.69, 9.17) is 10.8 Å². The summed E-state index contributed by atoms with van der Waals surface area (Å²) in [5, 5.41) is 61.8. The molecule has 0 unspecified atom stereocenters. The Labute approximate surface area is 263 Å². The molecule has 0 radical (unpaired) electrons. The van der Waals surface area contributed by atoms with E-state index in [2.05, 4.69) is 0 Å². The molecular weight excluding hydrogens is 602 g/mol. The van der Waals surface area contributed by atoms with E-state index in [0.29, 0.717) is 5.56 Å². The highest BCUT2D eigenvalue weighted by atomic mass is 16.4. The number of carbonyl (C=O) groups is 5. The second-order valence-electron chi connectivity index (χ2n) is 11.9. The number of nitrogens with two attached hydrogens (primary N) is 1. The highest BCUT2D eigenvalue weighted by molar-refractivity contribution is 6.24. The first-order valence-electron chi connectivity index (χ1n) is 14.1. The number of aromatic carboxylic acids is 1. The van der Waals surface area contributed by atoms with Crippen LogP contribution < -0.4 is 10.6 Å². The number of aromatic hydroxyl groups is 2. The minimum Gasteiger partial charge on any atom is -0.508 e. The third-order valence-corrected chi connectivity index (χ3v) is 8.71. The van der Waals surface area contributed by atoms with Crippen LogP contribution in [-0.2, 0) is 20.8 Å². The molecule has 0 aromatic heterocycles. The van der Waals surface area contributed by atoms with Gasteiger partial charge in [-0.25, -0.2) is 4.79 Å². The van der Waals surface area contributed by atoms with Crippen LogP contribution in [0.5, 0.6) is 11.5 Å². The number of carboxylic acids is 1. The lowest BCUT2D eigenvalue weighted by molar-refractivity contribution is -0.153. The van der Waals surface area contributed by atoms with Gasteiger partial charge in [0, 0.05) is 31.3 Å². The fraction of sp³-hybridized carbons (Fsp3) is 0.344. The van der Waals surface area contributed by atoms with Crippen molar-refractivity contribution in [2.45, 2.75) is 31.4 Å². The molecule has 1 fully saturated rings. The van der Waals surface area contributed by atoms with E-state index in [0.717, 1.165) is 5.69 Å². The largest absolute Gasteiger partial charge is 0.508 e. The average molecular weight is 638 g/mol. The number of Topliss-reactive ketones (excluding diaryl/α,β-unsaturated/α-hetero) is 3. The molecular formula is C32H35N3O11. The number of hydrogen-bond acceptors (Lipinski definition) is 12. The van der Waals surface area contributed by atoms with Gasteiger partial charge in [-0.2, -0.15) is 0 Å². The Bertz CT molecular complexity index is 1730. The lowest BCUT2D eigenvalue weighted by Gasteiger charge is -2.50. The number of hydrogen-bond donors (Lipinski definition) is 7. The number of phenolic OH excluding ortho intramolecular Hbond substituents is 1. The molecule has 0 spiro atoms. The smallest absolute Gasteiger partial charge is 0.339 e. The molecule has 1 saturated carbocycles. The number of carbonyl (C=O) groups excluding carboxylic acids is 4.